The molecule has 9 N–H and O–H groups in total. The van der Waals surface area contributed by atoms with Crippen LogP contribution in [0.3, 0.4) is 0 Å². The monoisotopic (exact) mass is 383 g/mol. The van der Waals surface area contributed by atoms with Crippen LogP contribution in [0, 0.1) is 0 Å². The number of fused-ring (bicyclic) bond motifs is 1. The molecule has 0 saturated carbocycles. The molecule has 0 unspecified atom stereocenters. The molecule has 0 aliphatic carbocycles. The summed E-state index contributed by atoms with van der Waals surface area (Å²) in [7, 11) is 0. The minimum Gasteiger partial charge on any atom is -0.508 e. The van der Waals surface area contributed by atoms with Gasteiger partial charge in [0.2, 0.25) is 5.91 Å². The van der Waals surface area contributed by atoms with Crippen molar-refractivity contribution in [2.24, 2.45) is 5.73 Å². The van der Waals surface area contributed by atoms with Gasteiger partial charge in [-0.1, -0.05) is 0 Å². The predicted molar refractivity (Wildman–Crippen MR) is 93.0 cm³/mol. The first-order chi connectivity index (χ1) is 12.7. The highest BCUT2D eigenvalue weighted by molar-refractivity contribution is 5.85. The Balaban J connectivity index is 0.000000314. The molecule has 11 heteroatoms. The lowest BCUT2D eigenvalue weighted by atomic mass is 10.1. The highest BCUT2D eigenvalue weighted by atomic mass is 16.4. The molecule has 2 atom stereocenters. The standard InChI is InChI=1S/C12H15N3O2.C4H6O6/c13-6-12(17)14-4-3-8-7-15-11-2-1-9(16)5-10(8)11;5-1(3(7)8)2(6)4(9)10/h1-2,5,7,15-16H,3-4,6,13H2,(H,14,17);1-2,5-6H,(H,7,8)(H,9,10)/t;1-,2-/m.1/s1. The number of hydrogen-bond donors (Lipinski definition) is 8. The molecule has 0 fully saturated rings. The van der Waals surface area contributed by atoms with Crippen LogP contribution in [0.1, 0.15) is 5.56 Å². The van der Waals surface area contributed by atoms with Gasteiger partial charge in [-0.15, -0.1) is 0 Å². The van der Waals surface area contributed by atoms with E-state index < -0.39 is 24.1 Å². The third kappa shape index (κ3) is 6.58. The lowest BCUT2D eigenvalue weighted by Gasteiger charge is -2.07. The van der Waals surface area contributed by atoms with Gasteiger partial charge in [0.05, 0.1) is 6.54 Å². The molecule has 11 nitrogen and oxygen atoms in total. The first-order valence-corrected chi connectivity index (χ1v) is 7.74. The summed E-state index contributed by atoms with van der Waals surface area (Å²) in [5.74, 6) is -3.46. The number of nitrogens with two attached hydrogens (primary N) is 1. The molecule has 0 spiro atoms. The summed E-state index contributed by atoms with van der Waals surface area (Å²) in [6, 6.07) is 5.18. The number of nitrogens with one attached hydrogen (secondary N) is 2. The molecule has 0 bridgehead atoms. The third-order valence-corrected chi connectivity index (χ3v) is 3.46. The topological polar surface area (TPSA) is 206 Å². The van der Waals surface area contributed by atoms with E-state index in [2.05, 4.69) is 10.3 Å². The van der Waals surface area contributed by atoms with Crippen molar-refractivity contribution >= 4 is 28.7 Å². The second kappa shape index (κ2) is 10.1. The average molecular weight is 383 g/mol. The van der Waals surface area contributed by atoms with Gasteiger partial charge >= 0.3 is 11.9 Å². The molecule has 0 aliphatic rings. The van der Waals surface area contributed by atoms with Gasteiger partial charge in [0.25, 0.3) is 0 Å². The Morgan fingerprint density at radius 3 is 2.22 bits per heavy atom. The van der Waals surface area contributed by atoms with Crippen molar-refractivity contribution in [3.63, 3.8) is 0 Å². The highest BCUT2D eigenvalue weighted by Crippen LogP contribution is 2.22. The summed E-state index contributed by atoms with van der Waals surface area (Å²) in [5, 5.41) is 45.6. The van der Waals surface area contributed by atoms with E-state index in [-0.39, 0.29) is 18.2 Å². The number of aliphatic hydroxyl groups excluding tert-OH is 2. The van der Waals surface area contributed by atoms with Gasteiger partial charge in [0.1, 0.15) is 5.75 Å². The first-order valence-electron chi connectivity index (χ1n) is 7.74. The number of carbonyl (C=O) groups excluding carboxylic acids is 1. The van der Waals surface area contributed by atoms with Gasteiger partial charge in [-0.05, 0) is 30.2 Å². The maximum absolute atomic E-state index is 11.0. The number of amides is 1. The molecule has 2 rings (SSSR count). The van der Waals surface area contributed by atoms with Crippen LogP contribution in [0.2, 0.25) is 0 Å². The molecule has 0 aliphatic heterocycles. The molecule has 2 aromatic rings. The lowest BCUT2D eigenvalue weighted by molar-refractivity contribution is -0.165. The van der Waals surface area contributed by atoms with E-state index in [9.17, 15) is 19.5 Å². The van der Waals surface area contributed by atoms with E-state index in [0.29, 0.717) is 13.0 Å². The van der Waals surface area contributed by atoms with E-state index in [1.54, 1.807) is 12.1 Å². The number of rotatable bonds is 7. The number of aromatic hydroxyl groups is 1. The number of benzene rings is 1. The second-order valence-electron chi connectivity index (χ2n) is 5.41. The van der Waals surface area contributed by atoms with Crippen LogP contribution in [-0.4, -0.2) is 73.7 Å². The number of hydrogen-bond acceptors (Lipinski definition) is 7. The summed E-state index contributed by atoms with van der Waals surface area (Å²) < 4.78 is 0. The molecule has 0 saturated heterocycles. The van der Waals surface area contributed by atoms with E-state index in [1.165, 1.54) is 0 Å². The minimum absolute atomic E-state index is 0.00860. The quantitative estimate of drug-likeness (QED) is 0.276. The van der Waals surface area contributed by atoms with Gasteiger partial charge < -0.3 is 41.6 Å². The Bertz CT molecular complexity index is 786. The fraction of sp³-hybridized carbons (Fsp3) is 0.312. The van der Waals surface area contributed by atoms with Crippen molar-refractivity contribution in [3.8, 4) is 5.75 Å². The second-order valence-corrected chi connectivity index (χ2v) is 5.41. The Kier molecular flexibility index (Phi) is 8.20. The lowest BCUT2D eigenvalue weighted by Crippen LogP contribution is -2.39. The van der Waals surface area contributed by atoms with Crippen LogP contribution in [0.4, 0.5) is 0 Å². The van der Waals surface area contributed by atoms with Gasteiger partial charge in [-0.25, -0.2) is 9.59 Å². The molecule has 148 valence electrons. The van der Waals surface area contributed by atoms with Crippen molar-refractivity contribution < 1.29 is 39.9 Å². The Hall–Kier alpha value is -3.15. The molecular weight excluding hydrogens is 362 g/mol. The van der Waals surface area contributed by atoms with Crippen molar-refractivity contribution in [2.45, 2.75) is 18.6 Å². The van der Waals surface area contributed by atoms with Gasteiger partial charge in [0, 0.05) is 23.6 Å². The molecule has 27 heavy (non-hydrogen) atoms. The van der Waals surface area contributed by atoms with E-state index in [4.69, 9.17) is 26.2 Å². The number of aliphatic hydroxyl groups is 2. The van der Waals surface area contributed by atoms with Crippen LogP contribution in [0.15, 0.2) is 24.4 Å². The van der Waals surface area contributed by atoms with E-state index in [0.717, 1.165) is 16.5 Å². The van der Waals surface area contributed by atoms with E-state index in [1.807, 2.05) is 12.3 Å². The largest absolute Gasteiger partial charge is 0.508 e. The fourth-order valence-corrected chi connectivity index (χ4v) is 2.05. The van der Waals surface area contributed by atoms with Crippen molar-refractivity contribution in [3.05, 3.63) is 30.0 Å². The van der Waals surface area contributed by atoms with Crippen molar-refractivity contribution in [1.82, 2.24) is 10.3 Å². The molecular formula is C16H21N3O8. The Labute approximate surface area is 153 Å². The summed E-state index contributed by atoms with van der Waals surface area (Å²) in [5.41, 5.74) is 7.23. The first kappa shape index (κ1) is 21.9. The van der Waals surface area contributed by atoms with Crippen molar-refractivity contribution in [1.29, 1.82) is 0 Å². The zero-order chi connectivity index (χ0) is 20.6. The van der Waals surface area contributed by atoms with Crippen LogP contribution in [0.25, 0.3) is 10.9 Å². The molecule has 1 heterocycles. The summed E-state index contributed by atoms with van der Waals surface area (Å²) in [6.45, 7) is 0.549. The number of carboxylic acid groups (broad SMARTS) is 2. The molecule has 1 aromatic heterocycles. The summed E-state index contributed by atoms with van der Waals surface area (Å²) in [4.78, 5) is 33.6. The van der Waals surface area contributed by atoms with E-state index >= 15 is 0 Å². The number of carbonyl (C=O) groups is 3. The molecule has 1 aromatic carbocycles. The SMILES string of the molecule is NCC(=O)NCCc1c[nH]c2ccc(O)cc12.O=C(O)[C@H](O)[C@@H](O)C(=O)O. The average Bonchev–Trinajstić information content (AvgIpc) is 3.02. The maximum Gasteiger partial charge on any atom is 0.335 e. The van der Waals surface area contributed by atoms with Gasteiger partial charge in [-0.3, -0.25) is 4.79 Å². The summed E-state index contributed by atoms with van der Waals surface area (Å²) >= 11 is 0. The number of H-pyrrole nitrogens is 1. The fourth-order valence-electron chi connectivity index (χ4n) is 2.05. The normalized spacial score (nSPS) is 12.6. The Morgan fingerprint density at radius 1 is 1.11 bits per heavy atom. The van der Waals surface area contributed by atoms with Crippen LogP contribution >= 0.6 is 0 Å². The number of phenols is 1. The Morgan fingerprint density at radius 2 is 1.70 bits per heavy atom. The number of aromatic amines is 1. The molecule has 1 amide bonds. The summed E-state index contributed by atoms with van der Waals surface area (Å²) in [6.07, 6.45) is -1.94. The minimum atomic E-state index is -2.27. The van der Waals surface area contributed by atoms with Crippen LogP contribution < -0.4 is 11.1 Å². The number of phenolic OH excluding ortho intramolecular Hbond substituents is 1. The third-order valence-electron chi connectivity index (χ3n) is 3.46. The predicted octanol–water partition coefficient (Wildman–Crippen LogP) is -1.63. The van der Waals surface area contributed by atoms with Gasteiger partial charge in [0.15, 0.2) is 12.2 Å². The van der Waals surface area contributed by atoms with Crippen LogP contribution in [-0.2, 0) is 20.8 Å². The highest BCUT2D eigenvalue weighted by Gasteiger charge is 2.29. The number of carboxylic acids is 2. The molecule has 0 radical (unpaired) electrons. The van der Waals surface area contributed by atoms with Gasteiger partial charge in [-0.2, -0.15) is 0 Å². The number of aromatic nitrogens is 1. The van der Waals surface area contributed by atoms with Crippen LogP contribution in [0.5, 0.6) is 5.75 Å². The van der Waals surface area contributed by atoms with Crippen molar-refractivity contribution in [2.75, 3.05) is 13.1 Å². The smallest absolute Gasteiger partial charge is 0.335 e. The number of aliphatic carboxylic acids is 2. The zero-order valence-corrected chi connectivity index (χ0v) is 14.1. The maximum atomic E-state index is 11.0. The zero-order valence-electron chi connectivity index (χ0n) is 14.1.